The largest absolute Gasteiger partial charge is 0.378 e. The van der Waals surface area contributed by atoms with Gasteiger partial charge in [0.15, 0.2) is 4.34 Å². The van der Waals surface area contributed by atoms with Gasteiger partial charge in [0.1, 0.15) is 0 Å². The molecule has 1 saturated heterocycles. The third-order valence-corrected chi connectivity index (χ3v) is 7.94. The van der Waals surface area contributed by atoms with Crippen LogP contribution in [0.2, 0.25) is 0 Å². The number of nitrogens with one attached hydrogen (secondary N) is 2. The van der Waals surface area contributed by atoms with Crippen molar-refractivity contribution in [2.24, 2.45) is 0 Å². The first-order chi connectivity index (χ1) is 16.6. The zero-order valence-corrected chi connectivity index (χ0v) is 20.8. The average molecular weight is 517 g/mol. The van der Waals surface area contributed by atoms with Gasteiger partial charge in [-0.15, -0.1) is 23.1 Å². The van der Waals surface area contributed by atoms with Gasteiger partial charge >= 0.3 is 0 Å². The Balaban J connectivity index is 1.22. The van der Waals surface area contributed by atoms with Crippen LogP contribution in [-0.4, -0.2) is 71.2 Å². The SMILES string of the molecule is O=C(CSCC(=O)Nc1ccc2nc(SCC(=O)N3CCOCC3)sc2c1)Nc1ccccc1. The van der Waals surface area contributed by atoms with Gasteiger partial charge in [-0.3, -0.25) is 14.4 Å². The molecule has 0 bridgehead atoms. The molecule has 34 heavy (non-hydrogen) atoms. The smallest absolute Gasteiger partial charge is 0.234 e. The van der Waals surface area contributed by atoms with E-state index in [1.165, 1.54) is 34.9 Å². The number of ether oxygens (including phenoxy) is 1. The lowest BCUT2D eigenvalue weighted by molar-refractivity contribution is -0.132. The Morgan fingerprint density at radius 3 is 2.38 bits per heavy atom. The van der Waals surface area contributed by atoms with E-state index in [0.29, 0.717) is 37.7 Å². The van der Waals surface area contributed by atoms with Gasteiger partial charge in [0, 0.05) is 24.5 Å². The van der Waals surface area contributed by atoms with E-state index in [-0.39, 0.29) is 29.2 Å². The Morgan fingerprint density at radius 1 is 0.941 bits per heavy atom. The van der Waals surface area contributed by atoms with Gasteiger partial charge in [0.05, 0.1) is 40.7 Å². The molecule has 3 amide bonds. The van der Waals surface area contributed by atoms with Crippen molar-refractivity contribution < 1.29 is 19.1 Å². The molecule has 0 aliphatic carbocycles. The molecule has 0 saturated carbocycles. The number of fused-ring (bicyclic) bond motifs is 1. The molecular weight excluding hydrogens is 492 g/mol. The fourth-order valence-electron chi connectivity index (χ4n) is 3.22. The van der Waals surface area contributed by atoms with E-state index in [4.69, 9.17) is 4.74 Å². The van der Waals surface area contributed by atoms with Gasteiger partial charge in [-0.2, -0.15) is 0 Å². The molecule has 178 valence electrons. The van der Waals surface area contributed by atoms with Gasteiger partial charge < -0.3 is 20.3 Å². The van der Waals surface area contributed by atoms with Crippen molar-refractivity contribution in [2.75, 3.05) is 54.2 Å². The lowest BCUT2D eigenvalue weighted by Gasteiger charge is -2.26. The van der Waals surface area contributed by atoms with Crippen LogP contribution in [0.25, 0.3) is 10.2 Å². The summed E-state index contributed by atoms with van der Waals surface area (Å²) in [5.41, 5.74) is 2.24. The van der Waals surface area contributed by atoms with Crippen LogP contribution in [0.4, 0.5) is 11.4 Å². The zero-order chi connectivity index (χ0) is 23.8. The van der Waals surface area contributed by atoms with Crippen molar-refractivity contribution in [3.63, 3.8) is 0 Å². The van der Waals surface area contributed by atoms with Crippen LogP contribution in [-0.2, 0) is 19.1 Å². The van der Waals surface area contributed by atoms with Crippen molar-refractivity contribution in [1.29, 1.82) is 0 Å². The average Bonchev–Trinajstić information content (AvgIpc) is 3.26. The Morgan fingerprint density at radius 2 is 1.65 bits per heavy atom. The molecule has 0 unspecified atom stereocenters. The number of thiazole rings is 1. The van der Waals surface area contributed by atoms with Crippen molar-refractivity contribution >= 4 is 74.2 Å². The summed E-state index contributed by atoms with van der Waals surface area (Å²) in [6.45, 7) is 2.45. The van der Waals surface area contributed by atoms with E-state index in [2.05, 4.69) is 15.6 Å². The number of aromatic nitrogens is 1. The lowest BCUT2D eigenvalue weighted by Crippen LogP contribution is -2.41. The summed E-state index contributed by atoms with van der Waals surface area (Å²) in [6, 6.07) is 14.8. The first kappa shape index (κ1) is 24.5. The molecule has 3 aromatic rings. The Kier molecular flexibility index (Phi) is 8.80. The van der Waals surface area contributed by atoms with Gasteiger partial charge in [-0.05, 0) is 30.3 Å². The summed E-state index contributed by atoms with van der Waals surface area (Å²) in [5.74, 6) is 0.487. The number of anilines is 2. The molecule has 1 aliphatic rings. The predicted molar refractivity (Wildman–Crippen MR) is 139 cm³/mol. The van der Waals surface area contributed by atoms with E-state index >= 15 is 0 Å². The molecular formula is C23H24N4O4S3. The Labute approximate surface area is 209 Å². The zero-order valence-electron chi connectivity index (χ0n) is 18.3. The summed E-state index contributed by atoms with van der Waals surface area (Å²) < 4.78 is 7.04. The first-order valence-electron chi connectivity index (χ1n) is 10.7. The molecule has 2 aromatic carbocycles. The number of nitrogens with zero attached hydrogens (tertiary/aromatic N) is 2. The molecule has 1 aliphatic heterocycles. The van der Waals surface area contributed by atoms with Crippen LogP contribution in [0, 0.1) is 0 Å². The summed E-state index contributed by atoms with van der Waals surface area (Å²) in [7, 11) is 0. The number of para-hydroxylation sites is 1. The maximum atomic E-state index is 12.3. The Hall–Kier alpha value is -2.60. The highest BCUT2D eigenvalue weighted by molar-refractivity contribution is 8.01. The minimum atomic E-state index is -0.174. The second kappa shape index (κ2) is 12.2. The highest BCUT2D eigenvalue weighted by atomic mass is 32.2. The molecule has 1 fully saturated rings. The number of morpholine rings is 1. The second-order valence-corrected chi connectivity index (χ2v) is 10.6. The molecule has 2 N–H and O–H groups in total. The molecule has 1 aromatic heterocycles. The normalized spacial score (nSPS) is 13.6. The first-order valence-corrected chi connectivity index (χ1v) is 13.6. The monoisotopic (exact) mass is 516 g/mol. The Bertz CT molecular complexity index is 1150. The minimum Gasteiger partial charge on any atom is -0.378 e. The molecule has 8 nitrogen and oxygen atoms in total. The van der Waals surface area contributed by atoms with Gasteiger partial charge in [-0.1, -0.05) is 30.0 Å². The number of rotatable bonds is 9. The number of hydrogen-bond donors (Lipinski definition) is 2. The highest BCUT2D eigenvalue weighted by Gasteiger charge is 2.17. The third kappa shape index (κ3) is 7.20. The van der Waals surface area contributed by atoms with Gasteiger partial charge in [0.2, 0.25) is 17.7 Å². The van der Waals surface area contributed by atoms with Crippen LogP contribution in [0.5, 0.6) is 0 Å². The van der Waals surface area contributed by atoms with E-state index in [1.807, 2.05) is 47.4 Å². The number of hydrogen-bond acceptors (Lipinski definition) is 8. The summed E-state index contributed by atoms with van der Waals surface area (Å²) >= 11 is 4.18. The second-order valence-electron chi connectivity index (χ2n) is 7.40. The fourth-order valence-corrected chi connectivity index (χ4v) is 5.85. The molecule has 0 spiro atoms. The molecule has 2 heterocycles. The topological polar surface area (TPSA) is 101 Å². The number of carbonyl (C=O) groups is 3. The van der Waals surface area contributed by atoms with Crippen molar-refractivity contribution in [3.8, 4) is 0 Å². The maximum Gasteiger partial charge on any atom is 0.234 e. The van der Waals surface area contributed by atoms with E-state index in [9.17, 15) is 14.4 Å². The van der Waals surface area contributed by atoms with Gasteiger partial charge in [0.25, 0.3) is 0 Å². The molecule has 4 rings (SSSR count). The number of amides is 3. The number of thioether (sulfide) groups is 2. The third-order valence-electron chi connectivity index (χ3n) is 4.86. The summed E-state index contributed by atoms with van der Waals surface area (Å²) in [6.07, 6.45) is 0. The van der Waals surface area contributed by atoms with Crippen molar-refractivity contribution in [3.05, 3.63) is 48.5 Å². The molecule has 11 heteroatoms. The predicted octanol–water partition coefficient (Wildman–Crippen LogP) is 3.56. The van der Waals surface area contributed by atoms with E-state index < -0.39 is 0 Å². The van der Waals surface area contributed by atoms with Crippen LogP contribution in [0.1, 0.15) is 0 Å². The van der Waals surface area contributed by atoms with Crippen molar-refractivity contribution in [2.45, 2.75) is 4.34 Å². The van der Waals surface area contributed by atoms with E-state index in [1.54, 1.807) is 6.07 Å². The van der Waals surface area contributed by atoms with Crippen LogP contribution in [0.3, 0.4) is 0 Å². The quantitative estimate of drug-likeness (QED) is 0.420. The minimum absolute atomic E-state index is 0.0930. The van der Waals surface area contributed by atoms with Gasteiger partial charge in [-0.25, -0.2) is 4.98 Å². The summed E-state index contributed by atoms with van der Waals surface area (Å²) in [4.78, 5) is 43.0. The van der Waals surface area contributed by atoms with Crippen LogP contribution < -0.4 is 10.6 Å². The van der Waals surface area contributed by atoms with E-state index in [0.717, 1.165) is 20.2 Å². The highest BCUT2D eigenvalue weighted by Crippen LogP contribution is 2.31. The molecule has 0 radical (unpaired) electrons. The number of benzene rings is 2. The number of carbonyl (C=O) groups excluding carboxylic acids is 3. The fraction of sp³-hybridized carbons (Fsp3) is 0.304. The standard InChI is InChI=1S/C23H24N4O4S3/c28-20(24-16-4-2-1-3-5-16)13-32-14-21(29)25-17-6-7-18-19(12-17)34-23(26-18)33-15-22(30)27-8-10-31-11-9-27/h1-7,12H,8-11,13-15H2,(H,24,28)(H,25,29). The maximum absolute atomic E-state index is 12.3. The summed E-state index contributed by atoms with van der Waals surface area (Å²) in [5, 5.41) is 5.66. The van der Waals surface area contributed by atoms with Crippen LogP contribution >= 0.6 is 34.9 Å². The van der Waals surface area contributed by atoms with Crippen LogP contribution in [0.15, 0.2) is 52.9 Å². The lowest BCUT2D eigenvalue weighted by atomic mass is 10.3. The van der Waals surface area contributed by atoms with Crippen molar-refractivity contribution in [1.82, 2.24) is 9.88 Å². The molecule has 0 atom stereocenters.